The molecule has 26 heavy (non-hydrogen) atoms. The molecule has 1 N–H and O–H groups in total. The maximum Gasteiger partial charge on any atom is 0.317 e. The van der Waals surface area contributed by atoms with Crippen molar-refractivity contribution in [3.63, 3.8) is 0 Å². The highest BCUT2D eigenvalue weighted by molar-refractivity contribution is 9.10. The zero-order valence-corrected chi connectivity index (χ0v) is 16.3. The molecule has 0 spiro atoms. The van der Waals surface area contributed by atoms with Gasteiger partial charge in [0.05, 0.1) is 24.5 Å². The zero-order valence-electron chi connectivity index (χ0n) is 14.8. The molecular formula is C20H21BrN4O. The summed E-state index contributed by atoms with van der Waals surface area (Å²) in [5, 5.41) is 7.40. The highest BCUT2D eigenvalue weighted by Crippen LogP contribution is 2.22. The van der Waals surface area contributed by atoms with E-state index in [4.69, 9.17) is 0 Å². The van der Waals surface area contributed by atoms with Gasteiger partial charge in [-0.05, 0) is 30.7 Å². The van der Waals surface area contributed by atoms with E-state index < -0.39 is 0 Å². The number of hydrogen-bond donors (Lipinski definition) is 1. The Bertz CT molecular complexity index is 878. The molecule has 1 aromatic heterocycles. The Hall–Kier alpha value is -2.60. The minimum atomic E-state index is -0.124. The van der Waals surface area contributed by atoms with Gasteiger partial charge in [0.2, 0.25) is 0 Å². The van der Waals surface area contributed by atoms with Crippen LogP contribution in [0.4, 0.5) is 4.79 Å². The molecule has 5 nitrogen and oxygen atoms in total. The molecule has 134 valence electrons. The van der Waals surface area contributed by atoms with E-state index in [2.05, 4.69) is 26.3 Å². The van der Waals surface area contributed by atoms with Gasteiger partial charge in [-0.25, -0.2) is 9.48 Å². The van der Waals surface area contributed by atoms with E-state index in [1.807, 2.05) is 72.4 Å². The topological polar surface area (TPSA) is 50.2 Å². The number of urea groups is 1. The van der Waals surface area contributed by atoms with Crippen LogP contribution in [0.25, 0.3) is 5.69 Å². The van der Waals surface area contributed by atoms with Crippen LogP contribution < -0.4 is 5.32 Å². The summed E-state index contributed by atoms with van der Waals surface area (Å²) in [5.41, 5.74) is 3.01. The molecular weight excluding hydrogens is 392 g/mol. The van der Waals surface area contributed by atoms with E-state index in [0.29, 0.717) is 6.54 Å². The lowest BCUT2D eigenvalue weighted by atomic mass is 10.1. The first-order chi connectivity index (χ1) is 12.5. The van der Waals surface area contributed by atoms with Gasteiger partial charge in [0.1, 0.15) is 0 Å². The van der Waals surface area contributed by atoms with E-state index in [0.717, 1.165) is 21.3 Å². The molecule has 0 bridgehead atoms. The molecule has 0 saturated heterocycles. The third kappa shape index (κ3) is 4.32. The van der Waals surface area contributed by atoms with E-state index in [9.17, 15) is 4.79 Å². The van der Waals surface area contributed by atoms with Crippen molar-refractivity contribution in [3.05, 3.63) is 82.6 Å². The number of aromatic nitrogens is 2. The summed E-state index contributed by atoms with van der Waals surface area (Å²) in [6.07, 6.45) is 3.73. The van der Waals surface area contributed by atoms with Crippen molar-refractivity contribution >= 4 is 22.0 Å². The molecule has 1 atom stereocenters. The maximum absolute atomic E-state index is 12.5. The number of carbonyl (C=O) groups excluding carboxylic acids is 1. The summed E-state index contributed by atoms with van der Waals surface area (Å²) in [5.74, 6) is 0. The second-order valence-corrected chi connectivity index (χ2v) is 7.03. The van der Waals surface area contributed by atoms with Gasteiger partial charge in [-0.2, -0.15) is 5.10 Å². The number of benzene rings is 2. The van der Waals surface area contributed by atoms with Crippen molar-refractivity contribution in [1.82, 2.24) is 20.0 Å². The first-order valence-corrected chi connectivity index (χ1v) is 9.19. The smallest absolute Gasteiger partial charge is 0.317 e. The summed E-state index contributed by atoms with van der Waals surface area (Å²) in [7, 11) is 1.78. The molecule has 1 heterocycles. The lowest BCUT2D eigenvalue weighted by Gasteiger charge is -2.21. The summed E-state index contributed by atoms with van der Waals surface area (Å²) >= 11 is 3.53. The summed E-state index contributed by atoms with van der Waals surface area (Å²) < 4.78 is 2.80. The molecule has 2 aromatic carbocycles. The van der Waals surface area contributed by atoms with Crippen molar-refractivity contribution in [2.24, 2.45) is 0 Å². The Kier molecular flexibility index (Phi) is 5.73. The first-order valence-electron chi connectivity index (χ1n) is 8.39. The number of halogens is 1. The highest BCUT2D eigenvalue weighted by Gasteiger charge is 2.16. The van der Waals surface area contributed by atoms with Gasteiger partial charge in [-0.15, -0.1) is 0 Å². The molecule has 3 aromatic rings. The zero-order chi connectivity index (χ0) is 18.5. The van der Waals surface area contributed by atoms with Crippen LogP contribution in [0.2, 0.25) is 0 Å². The Balaban J connectivity index is 1.61. The number of rotatable bonds is 5. The maximum atomic E-state index is 12.5. The van der Waals surface area contributed by atoms with E-state index in [1.54, 1.807) is 18.1 Å². The predicted octanol–water partition coefficient (Wildman–Crippen LogP) is 4.54. The second kappa shape index (κ2) is 8.19. The van der Waals surface area contributed by atoms with Gasteiger partial charge < -0.3 is 10.2 Å². The third-order valence-electron chi connectivity index (χ3n) is 4.13. The third-order valence-corrected chi connectivity index (χ3v) is 4.86. The molecule has 0 aliphatic rings. The van der Waals surface area contributed by atoms with Gasteiger partial charge in [-0.1, -0.05) is 52.3 Å². The normalized spacial score (nSPS) is 11.8. The Morgan fingerprint density at radius 3 is 2.62 bits per heavy atom. The standard InChI is InChI=1S/C20H21BrN4O/c1-15(18-10-6-7-11-19(18)21)23-20(26)24(2)13-16-12-22-25(14-16)17-8-4-3-5-9-17/h3-12,14-15H,13H2,1-2H3,(H,23,26). The van der Waals surface area contributed by atoms with E-state index in [-0.39, 0.29) is 12.1 Å². The van der Waals surface area contributed by atoms with E-state index >= 15 is 0 Å². The minimum Gasteiger partial charge on any atom is -0.331 e. The quantitative estimate of drug-likeness (QED) is 0.668. The summed E-state index contributed by atoms with van der Waals surface area (Å²) in [6.45, 7) is 2.46. The molecule has 0 fully saturated rings. The lowest BCUT2D eigenvalue weighted by Crippen LogP contribution is -2.38. The number of hydrogen-bond acceptors (Lipinski definition) is 2. The van der Waals surface area contributed by atoms with Crippen LogP contribution in [0.1, 0.15) is 24.1 Å². The van der Waals surface area contributed by atoms with Crippen molar-refractivity contribution in [2.45, 2.75) is 19.5 Å². The Labute approximate surface area is 161 Å². The van der Waals surface area contributed by atoms with Crippen LogP contribution >= 0.6 is 15.9 Å². The number of amides is 2. The van der Waals surface area contributed by atoms with Crippen molar-refractivity contribution < 1.29 is 4.79 Å². The monoisotopic (exact) mass is 412 g/mol. The van der Waals surface area contributed by atoms with Crippen LogP contribution in [0, 0.1) is 0 Å². The first kappa shape index (κ1) is 18.2. The molecule has 0 aliphatic heterocycles. The lowest BCUT2D eigenvalue weighted by molar-refractivity contribution is 0.203. The molecule has 6 heteroatoms. The second-order valence-electron chi connectivity index (χ2n) is 6.18. The molecule has 0 aliphatic carbocycles. The van der Waals surface area contributed by atoms with Gasteiger partial charge in [-0.3, -0.25) is 0 Å². The van der Waals surface area contributed by atoms with Crippen LogP contribution in [-0.4, -0.2) is 27.8 Å². The molecule has 1 unspecified atom stereocenters. The van der Waals surface area contributed by atoms with Crippen LogP contribution in [0.5, 0.6) is 0 Å². The number of carbonyl (C=O) groups is 1. The van der Waals surface area contributed by atoms with Gasteiger partial charge >= 0.3 is 6.03 Å². The SMILES string of the molecule is CC(NC(=O)N(C)Cc1cnn(-c2ccccc2)c1)c1ccccc1Br. The van der Waals surface area contributed by atoms with E-state index in [1.165, 1.54) is 0 Å². The van der Waals surface area contributed by atoms with Crippen LogP contribution in [0.15, 0.2) is 71.5 Å². The average Bonchev–Trinajstić information content (AvgIpc) is 3.11. The van der Waals surface area contributed by atoms with Gasteiger partial charge in [0.15, 0.2) is 0 Å². The molecule has 0 saturated carbocycles. The minimum absolute atomic E-state index is 0.0902. The number of nitrogens with zero attached hydrogens (tertiary/aromatic N) is 3. The van der Waals surface area contributed by atoms with Crippen LogP contribution in [-0.2, 0) is 6.54 Å². The Morgan fingerprint density at radius 1 is 1.19 bits per heavy atom. The van der Waals surface area contributed by atoms with Crippen LogP contribution in [0.3, 0.4) is 0 Å². The fourth-order valence-corrected chi connectivity index (χ4v) is 3.34. The average molecular weight is 413 g/mol. The predicted molar refractivity (Wildman–Crippen MR) is 106 cm³/mol. The highest BCUT2D eigenvalue weighted by atomic mass is 79.9. The Morgan fingerprint density at radius 2 is 1.88 bits per heavy atom. The largest absolute Gasteiger partial charge is 0.331 e. The fraction of sp³-hybridized carbons (Fsp3) is 0.200. The van der Waals surface area contributed by atoms with Crippen molar-refractivity contribution in [3.8, 4) is 5.69 Å². The molecule has 0 radical (unpaired) electrons. The van der Waals surface area contributed by atoms with Gasteiger partial charge in [0, 0.05) is 23.3 Å². The van der Waals surface area contributed by atoms with Crippen molar-refractivity contribution in [1.29, 1.82) is 0 Å². The molecule has 2 amide bonds. The van der Waals surface area contributed by atoms with Crippen molar-refractivity contribution in [2.75, 3.05) is 7.05 Å². The number of para-hydroxylation sites is 1. The number of nitrogens with one attached hydrogen (secondary N) is 1. The summed E-state index contributed by atoms with van der Waals surface area (Å²) in [6, 6.07) is 17.6. The van der Waals surface area contributed by atoms with Gasteiger partial charge in [0.25, 0.3) is 0 Å². The fourth-order valence-electron chi connectivity index (χ4n) is 2.71. The molecule has 3 rings (SSSR count). The summed E-state index contributed by atoms with van der Waals surface area (Å²) in [4.78, 5) is 14.1.